The van der Waals surface area contributed by atoms with Crippen LogP contribution in [0.15, 0.2) is 0 Å². The van der Waals surface area contributed by atoms with Crippen molar-refractivity contribution in [3.63, 3.8) is 0 Å². The molecule has 0 amide bonds. The van der Waals surface area contributed by atoms with E-state index in [0.29, 0.717) is 0 Å². The molecule has 0 aromatic rings. The number of sulfone groups is 1. The zero-order chi connectivity index (χ0) is 13.0. The van der Waals surface area contributed by atoms with Crippen LogP contribution in [0.4, 0.5) is 0 Å². The molecule has 0 fully saturated rings. The highest BCUT2D eigenvalue weighted by atomic mass is 32.2. The van der Waals surface area contributed by atoms with Gasteiger partial charge in [-0.1, -0.05) is 0 Å². The second-order valence-corrected chi connectivity index (χ2v) is 8.41. The lowest BCUT2D eigenvalue weighted by atomic mass is 10.4. The summed E-state index contributed by atoms with van der Waals surface area (Å²) in [6.45, 7) is 2.84. The van der Waals surface area contributed by atoms with Crippen molar-refractivity contribution in [1.82, 2.24) is 4.72 Å². The smallest absolute Gasteiger partial charge is 0.214 e. The predicted octanol–water partition coefficient (Wildman–Crippen LogP) is -0.890. The third-order valence-electron chi connectivity index (χ3n) is 2.00. The Morgan fingerprint density at radius 3 is 2.06 bits per heavy atom. The third kappa shape index (κ3) is 7.15. The highest BCUT2D eigenvalue weighted by molar-refractivity contribution is 7.91. The first-order valence-electron chi connectivity index (χ1n) is 4.89. The lowest BCUT2D eigenvalue weighted by Crippen LogP contribution is -2.37. The molecule has 98 valence electrons. The molecular weight excluding hydrogens is 254 g/mol. The van der Waals surface area contributed by atoms with E-state index in [2.05, 4.69) is 4.72 Å². The number of rotatable bonds is 7. The first-order valence-corrected chi connectivity index (χ1v) is 8.49. The summed E-state index contributed by atoms with van der Waals surface area (Å²) in [6.07, 6.45) is 0.348. The molecule has 0 saturated carbocycles. The first kappa shape index (κ1) is 15.8. The molecule has 0 aliphatic heterocycles. The zero-order valence-corrected chi connectivity index (χ0v) is 11.3. The fourth-order valence-electron chi connectivity index (χ4n) is 0.914. The summed E-state index contributed by atoms with van der Waals surface area (Å²) in [5, 5.41) is 8.14. The number of aliphatic hydroxyl groups excluding tert-OH is 1. The summed E-state index contributed by atoms with van der Waals surface area (Å²) in [5.74, 6) is -0.163. The van der Waals surface area contributed by atoms with E-state index in [-0.39, 0.29) is 18.7 Å². The molecule has 0 heterocycles. The van der Waals surface area contributed by atoms with Crippen LogP contribution in [0.2, 0.25) is 0 Å². The average Bonchev–Trinajstić information content (AvgIpc) is 2.09. The van der Waals surface area contributed by atoms with Crippen LogP contribution in [-0.4, -0.2) is 51.8 Å². The minimum absolute atomic E-state index is 0.0496. The molecule has 0 saturated heterocycles. The van der Waals surface area contributed by atoms with E-state index in [4.69, 9.17) is 5.11 Å². The highest BCUT2D eigenvalue weighted by Crippen LogP contribution is 2.05. The Bertz CT molecular complexity index is 398. The van der Waals surface area contributed by atoms with Gasteiger partial charge in [0.25, 0.3) is 0 Å². The number of hydrogen-bond acceptors (Lipinski definition) is 5. The van der Waals surface area contributed by atoms with Gasteiger partial charge in [-0.2, -0.15) is 0 Å². The van der Waals surface area contributed by atoms with Crippen LogP contribution < -0.4 is 4.72 Å². The van der Waals surface area contributed by atoms with Crippen molar-refractivity contribution >= 4 is 19.9 Å². The molecule has 0 aromatic heterocycles. The maximum atomic E-state index is 11.5. The average molecular weight is 273 g/mol. The molecule has 0 spiro atoms. The van der Waals surface area contributed by atoms with E-state index in [1.54, 1.807) is 0 Å². The van der Waals surface area contributed by atoms with Crippen LogP contribution in [0, 0.1) is 0 Å². The van der Waals surface area contributed by atoms with Crippen molar-refractivity contribution in [2.75, 3.05) is 18.6 Å². The van der Waals surface area contributed by atoms with Crippen LogP contribution in [0.5, 0.6) is 0 Å². The van der Waals surface area contributed by atoms with E-state index in [9.17, 15) is 16.8 Å². The SMILES string of the molecule is CC(O)CNS(=O)(=O)C(C)CCS(C)(=O)=O. The maximum absolute atomic E-state index is 11.5. The van der Waals surface area contributed by atoms with Gasteiger partial charge in [0, 0.05) is 12.8 Å². The van der Waals surface area contributed by atoms with Crippen LogP contribution in [0.25, 0.3) is 0 Å². The maximum Gasteiger partial charge on any atom is 0.214 e. The molecule has 0 aliphatic carbocycles. The van der Waals surface area contributed by atoms with Gasteiger partial charge in [0.1, 0.15) is 9.84 Å². The second-order valence-electron chi connectivity index (χ2n) is 3.97. The summed E-state index contributed by atoms with van der Waals surface area (Å²) in [7, 11) is -6.70. The molecule has 2 N–H and O–H groups in total. The van der Waals surface area contributed by atoms with Crippen LogP contribution >= 0.6 is 0 Å². The quantitative estimate of drug-likeness (QED) is 0.627. The fraction of sp³-hybridized carbons (Fsp3) is 1.00. The standard InChI is InChI=1S/C8H19NO5S2/c1-7(10)6-9-16(13,14)8(2)4-5-15(3,11)12/h7-10H,4-6H2,1-3H3. The predicted molar refractivity (Wildman–Crippen MR) is 62.4 cm³/mol. The van der Waals surface area contributed by atoms with Gasteiger partial charge in [-0.25, -0.2) is 21.6 Å². The topological polar surface area (TPSA) is 101 Å². The summed E-state index contributed by atoms with van der Waals surface area (Å²) >= 11 is 0. The Kier molecular flexibility index (Phi) is 5.88. The van der Waals surface area contributed by atoms with E-state index in [1.165, 1.54) is 13.8 Å². The molecule has 0 aromatic carbocycles. The van der Waals surface area contributed by atoms with Gasteiger partial charge in [0.2, 0.25) is 10.0 Å². The monoisotopic (exact) mass is 273 g/mol. The Morgan fingerprint density at radius 2 is 1.69 bits per heavy atom. The summed E-state index contributed by atoms with van der Waals surface area (Å²) in [5.41, 5.74) is 0. The largest absolute Gasteiger partial charge is 0.392 e. The van der Waals surface area contributed by atoms with Gasteiger partial charge in [-0.05, 0) is 20.3 Å². The van der Waals surface area contributed by atoms with Gasteiger partial charge >= 0.3 is 0 Å². The van der Waals surface area contributed by atoms with Crippen LogP contribution in [-0.2, 0) is 19.9 Å². The van der Waals surface area contributed by atoms with Crippen LogP contribution in [0.3, 0.4) is 0 Å². The van der Waals surface area contributed by atoms with Gasteiger partial charge in [-0.15, -0.1) is 0 Å². The van der Waals surface area contributed by atoms with Gasteiger partial charge < -0.3 is 5.11 Å². The Labute approximate surface area is 97.0 Å². The normalized spacial score (nSPS) is 17.0. The van der Waals surface area contributed by atoms with Crippen molar-refractivity contribution in [2.45, 2.75) is 31.6 Å². The van der Waals surface area contributed by atoms with Crippen molar-refractivity contribution in [3.05, 3.63) is 0 Å². The Balaban J connectivity index is 4.31. The van der Waals surface area contributed by atoms with E-state index >= 15 is 0 Å². The summed E-state index contributed by atoms with van der Waals surface area (Å²) in [4.78, 5) is 0. The van der Waals surface area contributed by atoms with Gasteiger partial charge in [-0.3, -0.25) is 0 Å². The molecule has 6 nitrogen and oxygen atoms in total. The molecule has 0 rings (SSSR count). The van der Waals surface area contributed by atoms with Crippen molar-refractivity contribution in [1.29, 1.82) is 0 Å². The molecule has 8 heteroatoms. The van der Waals surface area contributed by atoms with Crippen LogP contribution in [0.1, 0.15) is 20.3 Å². The van der Waals surface area contributed by atoms with Crippen molar-refractivity contribution in [2.24, 2.45) is 0 Å². The highest BCUT2D eigenvalue weighted by Gasteiger charge is 2.21. The number of hydrogen-bond donors (Lipinski definition) is 2. The molecule has 0 radical (unpaired) electrons. The molecular formula is C8H19NO5S2. The molecule has 2 atom stereocenters. The Morgan fingerprint density at radius 1 is 1.19 bits per heavy atom. The lowest BCUT2D eigenvalue weighted by molar-refractivity contribution is 0.198. The second kappa shape index (κ2) is 5.95. The summed E-state index contributed by atoms with van der Waals surface area (Å²) < 4.78 is 47.0. The minimum Gasteiger partial charge on any atom is -0.392 e. The molecule has 2 unspecified atom stereocenters. The number of nitrogens with one attached hydrogen (secondary N) is 1. The lowest BCUT2D eigenvalue weighted by Gasteiger charge is -2.14. The fourth-order valence-corrected chi connectivity index (χ4v) is 3.03. The third-order valence-corrected chi connectivity index (χ3v) is 4.85. The van der Waals surface area contributed by atoms with Gasteiger partial charge in [0.05, 0.1) is 17.1 Å². The Hall–Kier alpha value is -0.180. The first-order chi connectivity index (χ1) is 7.04. The molecule has 0 bridgehead atoms. The van der Waals surface area contributed by atoms with Crippen molar-refractivity contribution in [3.8, 4) is 0 Å². The molecule has 16 heavy (non-hydrogen) atoms. The zero-order valence-electron chi connectivity index (χ0n) is 9.67. The molecule has 0 aliphatic rings. The van der Waals surface area contributed by atoms with E-state index in [1.807, 2.05) is 0 Å². The van der Waals surface area contributed by atoms with E-state index in [0.717, 1.165) is 6.26 Å². The number of sulfonamides is 1. The number of aliphatic hydroxyl groups is 1. The van der Waals surface area contributed by atoms with Crippen molar-refractivity contribution < 1.29 is 21.9 Å². The van der Waals surface area contributed by atoms with Gasteiger partial charge in [0.15, 0.2) is 0 Å². The summed E-state index contributed by atoms with van der Waals surface area (Å²) in [6, 6.07) is 0. The minimum atomic E-state index is -3.55. The van der Waals surface area contributed by atoms with E-state index < -0.39 is 31.2 Å².